The number of hydrogen-bond donors (Lipinski definition) is 2. The second kappa shape index (κ2) is 5.98. The van der Waals surface area contributed by atoms with E-state index in [2.05, 4.69) is 11.3 Å². The lowest BCUT2D eigenvalue weighted by atomic mass is 9.96. The summed E-state index contributed by atoms with van der Waals surface area (Å²) in [6.07, 6.45) is 7.67. The highest BCUT2D eigenvalue weighted by Crippen LogP contribution is 2.17. The zero-order chi connectivity index (χ0) is 10.3. The van der Waals surface area contributed by atoms with Gasteiger partial charge >= 0.3 is 0 Å². The van der Waals surface area contributed by atoms with E-state index in [0.717, 1.165) is 19.3 Å². The van der Waals surface area contributed by atoms with Gasteiger partial charge in [-0.25, -0.2) is 0 Å². The maximum atomic E-state index is 5.40. The summed E-state index contributed by atoms with van der Waals surface area (Å²) in [5, 5.41) is 0. The molecule has 0 aliphatic rings. The maximum Gasteiger partial charge on any atom is 0.0638 e. The van der Waals surface area contributed by atoms with Gasteiger partial charge in [-0.05, 0) is 26.7 Å². The molecule has 0 aromatic heterocycles. The molecule has 0 aromatic rings. The molecular weight excluding hydrogens is 164 g/mol. The Labute approximate surface area is 81.0 Å². The number of terminal acetylenes is 1. The molecule has 1 atom stereocenters. The molecule has 0 saturated carbocycles. The van der Waals surface area contributed by atoms with Gasteiger partial charge in [0.1, 0.15) is 0 Å². The van der Waals surface area contributed by atoms with E-state index in [9.17, 15) is 0 Å². The fraction of sp³-hybridized carbons (Fsp3) is 0.800. The van der Waals surface area contributed by atoms with Crippen LogP contribution in [0.3, 0.4) is 0 Å². The highest BCUT2D eigenvalue weighted by Gasteiger charge is 2.21. The molecule has 0 spiro atoms. The molecule has 0 rings (SSSR count). The molecule has 3 nitrogen and oxygen atoms in total. The number of nitrogens with two attached hydrogens (primary N) is 1. The van der Waals surface area contributed by atoms with E-state index in [-0.39, 0.29) is 11.6 Å². The van der Waals surface area contributed by atoms with Gasteiger partial charge in [-0.15, -0.1) is 12.3 Å². The van der Waals surface area contributed by atoms with Gasteiger partial charge in [-0.1, -0.05) is 0 Å². The lowest BCUT2D eigenvalue weighted by Crippen LogP contribution is -2.41. The van der Waals surface area contributed by atoms with Crippen LogP contribution in [-0.2, 0) is 4.74 Å². The van der Waals surface area contributed by atoms with Gasteiger partial charge in [0.2, 0.25) is 0 Å². The first-order valence-electron chi connectivity index (χ1n) is 4.50. The third kappa shape index (κ3) is 5.64. The molecule has 0 radical (unpaired) electrons. The lowest BCUT2D eigenvalue weighted by Gasteiger charge is -2.27. The highest BCUT2D eigenvalue weighted by molar-refractivity contribution is 4.87. The van der Waals surface area contributed by atoms with Gasteiger partial charge in [0, 0.05) is 19.6 Å². The molecule has 0 aliphatic heterocycles. The topological polar surface area (TPSA) is 47.3 Å². The molecule has 1 unspecified atom stereocenters. The summed E-state index contributed by atoms with van der Waals surface area (Å²) in [6.45, 7) is 4.07. The first-order chi connectivity index (χ1) is 6.05. The average Bonchev–Trinajstić information content (AvgIpc) is 2.12. The van der Waals surface area contributed by atoms with Gasteiger partial charge in [0.05, 0.1) is 5.60 Å². The SMILES string of the molecule is C#CCCC(CC(C)(C)OC)NN. The summed E-state index contributed by atoms with van der Waals surface area (Å²) in [7, 11) is 1.70. The number of nitrogens with one attached hydrogen (secondary N) is 1. The van der Waals surface area contributed by atoms with Crippen molar-refractivity contribution in [3.8, 4) is 12.3 Å². The molecule has 0 heterocycles. The van der Waals surface area contributed by atoms with Crippen molar-refractivity contribution >= 4 is 0 Å². The Bertz CT molecular complexity index is 172. The van der Waals surface area contributed by atoms with E-state index >= 15 is 0 Å². The van der Waals surface area contributed by atoms with Crippen LogP contribution >= 0.6 is 0 Å². The third-order valence-electron chi connectivity index (χ3n) is 2.16. The summed E-state index contributed by atoms with van der Waals surface area (Å²) in [6, 6.07) is 0.228. The van der Waals surface area contributed by atoms with Crippen molar-refractivity contribution in [2.45, 2.75) is 44.8 Å². The van der Waals surface area contributed by atoms with Crippen molar-refractivity contribution in [2.75, 3.05) is 7.11 Å². The number of hydrazine groups is 1. The molecule has 3 N–H and O–H groups in total. The highest BCUT2D eigenvalue weighted by atomic mass is 16.5. The van der Waals surface area contributed by atoms with E-state index in [4.69, 9.17) is 17.0 Å². The number of ether oxygens (including phenoxy) is 1. The molecule has 0 fully saturated rings. The summed E-state index contributed by atoms with van der Waals surface area (Å²) < 4.78 is 5.30. The second-order valence-electron chi connectivity index (χ2n) is 3.77. The van der Waals surface area contributed by atoms with Crippen LogP contribution in [0.1, 0.15) is 33.1 Å². The summed E-state index contributed by atoms with van der Waals surface area (Å²) in [5.41, 5.74) is 2.60. The van der Waals surface area contributed by atoms with E-state index in [1.165, 1.54) is 0 Å². The van der Waals surface area contributed by atoms with Gasteiger partial charge in [-0.3, -0.25) is 11.3 Å². The van der Waals surface area contributed by atoms with Gasteiger partial charge in [0.25, 0.3) is 0 Å². The molecule has 0 bridgehead atoms. The first kappa shape index (κ1) is 12.4. The van der Waals surface area contributed by atoms with Crippen LogP contribution in [0, 0.1) is 12.3 Å². The van der Waals surface area contributed by atoms with Crippen molar-refractivity contribution < 1.29 is 4.74 Å². The summed E-state index contributed by atoms with van der Waals surface area (Å²) >= 11 is 0. The largest absolute Gasteiger partial charge is 0.379 e. The summed E-state index contributed by atoms with van der Waals surface area (Å²) in [4.78, 5) is 0. The number of rotatable bonds is 6. The van der Waals surface area contributed by atoms with E-state index in [1.807, 2.05) is 13.8 Å². The third-order valence-corrected chi connectivity index (χ3v) is 2.16. The van der Waals surface area contributed by atoms with Crippen molar-refractivity contribution in [1.82, 2.24) is 5.43 Å². The van der Waals surface area contributed by atoms with Crippen LogP contribution in [-0.4, -0.2) is 18.8 Å². The van der Waals surface area contributed by atoms with Crippen molar-refractivity contribution in [3.63, 3.8) is 0 Å². The Kier molecular flexibility index (Phi) is 5.72. The van der Waals surface area contributed by atoms with Crippen LogP contribution in [0.4, 0.5) is 0 Å². The molecule has 13 heavy (non-hydrogen) atoms. The Morgan fingerprint density at radius 3 is 2.62 bits per heavy atom. The smallest absolute Gasteiger partial charge is 0.0638 e. The maximum absolute atomic E-state index is 5.40. The molecule has 0 aliphatic carbocycles. The molecule has 0 amide bonds. The zero-order valence-corrected chi connectivity index (χ0v) is 8.76. The van der Waals surface area contributed by atoms with Crippen LogP contribution in [0.5, 0.6) is 0 Å². The van der Waals surface area contributed by atoms with E-state index in [1.54, 1.807) is 7.11 Å². The molecule has 3 heteroatoms. The minimum absolute atomic E-state index is 0.147. The predicted octanol–water partition coefficient (Wildman–Crippen LogP) is 1.05. The molecule has 0 saturated heterocycles. The Hall–Kier alpha value is -0.560. The minimum atomic E-state index is -0.147. The second-order valence-corrected chi connectivity index (χ2v) is 3.77. The Morgan fingerprint density at radius 1 is 1.62 bits per heavy atom. The fourth-order valence-electron chi connectivity index (χ4n) is 1.18. The van der Waals surface area contributed by atoms with E-state index < -0.39 is 0 Å². The molecule has 0 aromatic carbocycles. The number of hydrogen-bond acceptors (Lipinski definition) is 3. The molecule has 76 valence electrons. The van der Waals surface area contributed by atoms with Crippen molar-refractivity contribution in [3.05, 3.63) is 0 Å². The van der Waals surface area contributed by atoms with Crippen LogP contribution in [0.25, 0.3) is 0 Å². The van der Waals surface area contributed by atoms with Gasteiger partial charge in [-0.2, -0.15) is 0 Å². The minimum Gasteiger partial charge on any atom is -0.379 e. The van der Waals surface area contributed by atoms with E-state index in [0.29, 0.717) is 0 Å². The Balaban J connectivity index is 3.91. The Morgan fingerprint density at radius 2 is 2.23 bits per heavy atom. The molecular formula is C10H20N2O. The fourth-order valence-corrected chi connectivity index (χ4v) is 1.18. The summed E-state index contributed by atoms with van der Waals surface area (Å²) in [5.74, 6) is 8.00. The van der Waals surface area contributed by atoms with Gasteiger partial charge in [0.15, 0.2) is 0 Å². The van der Waals surface area contributed by atoms with Crippen LogP contribution in [0.2, 0.25) is 0 Å². The first-order valence-corrected chi connectivity index (χ1v) is 4.50. The van der Waals surface area contributed by atoms with Crippen LogP contribution < -0.4 is 11.3 Å². The predicted molar refractivity (Wildman–Crippen MR) is 54.9 cm³/mol. The monoisotopic (exact) mass is 184 g/mol. The van der Waals surface area contributed by atoms with Crippen LogP contribution in [0.15, 0.2) is 0 Å². The van der Waals surface area contributed by atoms with Crippen molar-refractivity contribution in [1.29, 1.82) is 0 Å². The number of methoxy groups -OCH3 is 1. The zero-order valence-electron chi connectivity index (χ0n) is 8.76. The lowest BCUT2D eigenvalue weighted by molar-refractivity contribution is 0.00649. The quantitative estimate of drug-likeness (QED) is 0.368. The average molecular weight is 184 g/mol. The van der Waals surface area contributed by atoms with Crippen molar-refractivity contribution in [2.24, 2.45) is 5.84 Å². The normalized spacial score (nSPS) is 13.8. The standard InChI is InChI=1S/C10H20N2O/c1-5-6-7-9(12-11)8-10(2,3)13-4/h1,9,12H,6-8,11H2,2-4H3. The van der Waals surface area contributed by atoms with Gasteiger partial charge < -0.3 is 4.74 Å².